The number of hydrogen-bond acceptors (Lipinski definition) is 2. The van der Waals surface area contributed by atoms with E-state index >= 15 is 0 Å². The van der Waals surface area contributed by atoms with Gasteiger partial charge in [0.1, 0.15) is 12.4 Å². The Kier molecular flexibility index (Phi) is 4.64. The number of halogens is 1. The van der Waals surface area contributed by atoms with Gasteiger partial charge in [0.05, 0.1) is 12.1 Å². The van der Waals surface area contributed by atoms with Gasteiger partial charge in [0, 0.05) is 11.9 Å². The maximum absolute atomic E-state index is 12.4. The summed E-state index contributed by atoms with van der Waals surface area (Å²) in [4.78, 5) is 14.3. The lowest BCUT2D eigenvalue weighted by molar-refractivity contribution is 0.0732. The van der Waals surface area contributed by atoms with Crippen molar-refractivity contribution in [1.29, 1.82) is 0 Å². The first-order valence-electron chi connectivity index (χ1n) is 6.33. The van der Waals surface area contributed by atoms with Crippen LogP contribution in [0.2, 0.25) is 0 Å². The normalized spacial score (nSPS) is 16.8. The standard InChI is InChI=1S/C14H18BrNO2/c1-2-11(9-15)10-16-7-8-18-13-6-4-3-5-12(13)14(16)17/h3-6,11H,2,7-10H2,1H3. The number of benzene rings is 1. The molecule has 1 amide bonds. The monoisotopic (exact) mass is 311 g/mol. The summed E-state index contributed by atoms with van der Waals surface area (Å²) < 4.78 is 5.62. The van der Waals surface area contributed by atoms with E-state index in [4.69, 9.17) is 4.74 Å². The number of alkyl halides is 1. The van der Waals surface area contributed by atoms with Gasteiger partial charge in [-0.05, 0) is 18.1 Å². The number of nitrogens with zero attached hydrogens (tertiary/aromatic N) is 1. The predicted octanol–water partition coefficient (Wildman–Crippen LogP) is 2.94. The molecule has 98 valence electrons. The molecular formula is C14H18BrNO2. The van der Waals surface area contributed by atoms with Gasteiger partial charge in [0.25, 0.3) is 5.91 Å². The summed E-state index contributed by atoms with van der Waals surface area (Å²) in [6.45, 7) is 4.18. The van der Waals surface area contributed by atoms with E-state index in [9.17, 15) is 4.79 Å². The van der Waals surface area contributed by atoms with Crippen molar-refractivity contribution in [1.82, 2.24) is 4.90 Å². The van der Waals surface area contributed by atoms with Crippen molar-refractivity contribution in [2.45, 2.75) is 13.3 Å². The van der Waals surface area contributed by atoms with Crippen LogP contribution in [0.1, 0.15) is 23.7 Å². The van der Waals surface area contributed by atoms with Gasteiger partial charge in [-0.15, -0.1) is 0 Å². The number of rotatable bonds is 4. The van der Waals surface area contributed by atoms with Crippen molar-refractivity contribution < 1.29 is 9.53 Å². The Hall–Kier alpha value is -1.03. The molecule has 0 fully saturated rings. The van der Waals surface area contributed by atoms with Crippen LogP contribution >= 0.6 is 15.9 Å². The Bertz CT molecular complexity index is 418. The first kappa shape index (κ1) is 13.4. The molecule has 4 heteroatoms. The highest BCUT2D eigenvalue weighted by Crippen LogP contribution is 2.23. The predicted molar refractivity (Wildman–Crippen MR) is 75.4 cm³/mol. The highest BCUT2D eigenvalue weighted by molar-refractivity contribution is 9.09. The number of hydrogen-bond donors (Lipinski definition) is 0. The van der Waals surface area contributed by atoms with Crippen molar-refractivity contribution in [3.05, 3.63) is 29.8 Å². The molecule has 0 radical (unpaired) electrons. The third-order valence-corrected chi connectivity index (χ3v) is 4.21. The molecule has 1 aromatic carbocycles. The lowest BCUT2D eigenvalue weighted by Gasteiger charge is -2.24. The van der Waals surface area contributed by atoms with Crippen LogP contribution in [0.25, 0.3) is 0 Å². The quantitative estimate of drug-likeness (QED) is 0.800. The minimum absolute atomic E-state index is 0.0856. The molecular weight excluding hydrogens is 294 g/mol. The van der Waals surface area contributed by atoms with Crippen LogP contribution in [0.5, 0.6) is 5.75 Å². The summed E-state index contributed by atoms with van der Waals surface area (Å²) in [5.74, 6) is 1.29. The molecule has 3 nitrogen and oxygen atoms in total. The molecule has 0 bridgehead atoms. The summed E-state index contributed by atoms with van der Waals surface area (Å²) in [7, 11) is 0. The lowest BCUT2D eigenvalue weighted by Crippen LogP contribution is -2.36. The smallest absolute Gasteiger partial charge is 0.257 e. The molecule has 1 aliphatic rings. The number of carbonyl (C=O) groups excluding carboxylic acids is 1. The Morgan fingerprint density at radius 1 is 1.44 bits per heavy atom. The zero-order chi connectivity index (χ0) is 13.0. The van der Waals surface area contributed by atoms with E-state index in [1.807, 2.05) is 29.2 Å². The third-order valence-electron chi connectivity index (χ3n) is 3.30. The Morgan fingerprint density at radius 3 is 2.94 bits per heavy atom. The van der Waals surface area contributed by atoms with E-state index in [1.54, 1.807) is 0 Å². The fourth-order valence-electron chi connectivity index (χ4n) is 2.08. The first-order valence-corrected chi connectivity index (χ1v) is 7.45. The zero-order valence-corrected chi connectivity index (χ0v) is 12.1. The highest BCUT2D eigenvalue weighted by Gasteiger charge is 2.24. The second-order valence-electron chi connectivity index (χ2n) is 4.52. The molecule has 1 aliphatic heterocycles. The largest absolute Gasteiger partial charge is 0.491 e. The molecule has 0 aromatic heterocycles. The molecule has 0 saturated heterocycles. The molecule has 18 heavy (non-hydrogen) atoms. The second-order valence-corrected chi connectivity index (χ2v) is 5.17. The minimum atomic E-state index is 0.0856. The van der Waals surface area contributed by atoms with Crippen molar-refractivity contribution in [3.8, 4) is 5.75 Å². The molecule has 0 aliphatic carbocycles. The average molecular weight is 312 g/mol. The van der Waals surface area contributed by atoms with Crippen molar-refractivity contribution >= 4 is 21.8 Å². The highest BCUT2D eigenvalue weighted by atomic mass is 79.9. The molecule has 1 aromatic rings. The summed E-state index contributed by atoms with van der Waals surface area (Å²) >= 11 is 3.50. The van der Waals surface area contributed by atoms with Crippen molar-refractivity contribution in [3.63, 3.8) is 0 Å². The van der Waals surface area contributed by atoms with Crippen LogP contribution < -0.4 is 4.74 Å². The molecule has 0 saturated carbocycles. The first-order chi connectivity index (χ1) is 8.76. The van der Waals surface area contributed by atoms with E-state index in [-0.39, 0.29) is 5.91 Å². The van der Waals surface area contributed by atoms with E-state index in [2.05, 4.69) is 22.9 Å². The summed E-state index contributed by atoms with van der Waals surface area (Å²) in [6.07, 6.45) is 1.07. The van der Waals surface area contributed by atoms with Gasteiger partial charge in [0.15, 0.2) is 0 Å². The second kappa shape index (κ2) is 6.23. The zero-order valence-electron chi connectivity index (χ0n) is 10.6. The van der Waals surface area contributed by atoms with Crippen molar-refractivity contribution in [2.75, 3.05) is 25.0 Å². The maximum Gasteiger partial charge on any atom is 0.257 e. The van der Waals surface area contributed by atoms with Crippen LogP contribution in [-0.4, -0.2) is 35.8 Å². The van der Waals surface area contributed by atoms with Gasteiger partial charge in [-0.3, -0.25) is 4.79 Å². The van der Waals surface area contributed by atoms with Crippen LogP contribution in [0.3, 0.4) is 0 Å². The van der Waals surface area contributed by atoms with Gasteiger partial charge < -0.3 is 9.64 Å². The number of amides is 1. The fraction of sp³-hybridized carbons (Fsp3) is 0.500. The number of para-hydroxylation sites is 1. The molecule has 1 unspecified atom stereocenters. The van der Waals surface area contributed by atoms with Gasteiger partial charge >= 0.3 is 0 Å². The van der Waals surface area contributed by atoms with Gasteiger partial charge in [0.2, 0.25) is 0 Å². The Labute approximate surface area is 116 Å². The molecule has 2 rings (SSSR count). The Balaban J connectivity index is 2.17. The number of ether oxygens (including phenoxy) is 1. The third kappa shape index (κ3) is 2.86. The van der Waals surface area contributed by atoms with Gasteiger partial charge in [-0.2, -0.15) is 0 Å². The van der Waals surface area contributed by atoms with Gasteiger partial charge in [-0.1, -0.05) is 41.4 Å². The number of carbonyl (C=O) groups is 1. The van der Waals surface area contributed by atoms with Crippen LogP contribution in [0.4, 0.5) is 0 Å². The van der Waals surface area contributed by atoms with Gasteiger partial charge in [-0.25, -0.2) is 0 Å². The van der Waals surface area contributed by atoms with E-state index in [0.29, 0.717) is 30.4 Å². The molecule has 1 heterocycles. The molecule has 0 spiro atoms. The number of fused-ring (bicyclic) bond motifs is 1. The summed E-state index contributed by atoms with van der Waals surface area (Å²) in [5.41, 5.74) is 0.680. The van der Waals surface area contributed by atoms with Crippen LogP contribution in [-0.2, 0) is 0 Å². The summed E-state index contributed by atoms with van der Waals surface area (Å²) in [6, 6.07) is 7.48. The van der Waals surface area contributed by atoms with E-state index in [0.717, 1.165) is 18.3 Å². The van der Waals surface area contributed by atoms with E-state index in [1.165, 1.54) is 0 Å². The van der Waals surface area contributed by atoms with Crippen LogP contribution in [0, 0.1) is 5.92 Å². The maximum atomic E-state index is 12.4. The fourth-order valence-corrected chi connectivity index (χ4v) is 2.74. The SMILES string of the molecule is CCC(CBr)CN1CCOc2ccccc2C1=O. The average Bonchev–Trinajstić information content (AvgIpc) is 2.56. The Morgan fingerprint density at radius 2 is 2.22 bits per heavy atom. The van der Waals surface area contributed by atoms with Crippen molar-refractivity contribution in [2.24, 2.45) is 5.92 Å². The summed E-state index contributed by atoms with van der Waals surface area (Å²) in [5, 5.41) is 0.926. The molecule has 1 atom stereocenters. The lowest BCUT2D eigenvalue weighted by atomic mass is 10.1. The minimum Gasteiger partial charge on any atom is -0.491 e. The van der Waals surface area contributed by atoms with Crippen LogP contribution in [0.15, 0.2) is 24.3 Å². The topological polar surface area (TPSA) is 29.5 Å². The molecule has 0 N–H and O–H groups in total. The van der Waals surface area contributed by atoms with E-state index < -0.39 is 0 Å².